The molecule has 5 rings (SSSR count). The molecule has 0 aliphatic carbocycles. The average molecular weight is 526 g/mol. The number of carbonyl (C=O) groups is 4. The second-order valence-electron chi connectivity index (χ2n) is 8.88. The van der Waals surface area contributed by atoms with Crippen LogP contribution in [-0.2, 0) is 9.59 Å². The molecule has 1 fully saturated rings. The normalized spacial score (nSPS) is 16.1. The van der Waals surface area contributed by atoms with Gasteiger partial charge in [-0.25, -0.2) is 18.4 Å². The fourth-order valence-electron chi connectivity index (χ4n) is 4.61. The van der Waals surface area contributed by atoms with Crippen LogP contribution in [0.3, 0.4) is 0 Å². The van der Waals surface area contributed by atoms with Crippen molar-refractivity contribution in [1.29, 1.82) is 0 Å². The van der Waals surface area contributed by atoms with E-state index in [1.807, 2.05) is 0 Å². The summed E-state index contributed by atoms with van der Waals surface area (Å²) < 4.78 is 26.8. The molecule has 1 aromatic heterocycles. The van der Waals surface area contributed by atoms with E-state index in [-0.39, 0.29) is 29.4 Å². The minimum Gasteiger partial charge on any atom is -0.478 e. The Morgan fingerprint density at radius 3 is 2.18 bits per heavy atom. The van der Waals surface area contributed by atoms with E-state index in [1.54, 1.807) is 6.07 Å². The molecule has 0 atom stereocenters. The molecular weight excluding hydrogens is 502 g/mol. The van der Waals surface area contributed by atoms with E-state index < -0.39 is 23.7 Å². The largest absolute Gasteiger partial charge is 0.478 e. The van der Waals surface area contributed by atoms with Gasteiger partial charge in [0.2, 0.25) is 0 Å². The number of amides is 2. The van der Waals surface area contributed by atoms with Gasteiger partial charge in [-0.2, -0.15) is 5.10 Å². The molecule has 10 nitrogen and oxygen atoms in total. The number of likely N-dealkylation sites (tertiary alicyclic amines) is 1. The number of fused-ring (bicyclic) bond motifs is 2. The lowest BCUT2D eigenvalue weighted by atomic mass is 9.91. The third-order valence-corrected chi connectivity index (χ3v) is 6.48. The Bertz CT molecular complexity index is 1410. The molecule has 2 aliphatic rings. The molecular formula is C26H24F2N4O6. The van der Waals surface area contributed by atoms with Gasteiger partial charge in [0.1, 0.15) is 11.6 Å². The highest BCUT2D eigenvalue weighted by Gasteiger charge is 2.36. The fourth-order valence-corrected chi connectivity index (χ4v) is 4.61. The number of hydrogen-bond donors (Lipinski definition) is 3. The van der Waals surface area contributed by atoms with Crippen LogP contribution in [0.2, 0.25) is 0 Å². The zero-order valence-electron chi connectivity index (χ0n) is 20.1. The quantitative estimate of drug-likeness (QED) is 0.329. The second-order valence-corrected chi connectivity index (χ2v) is 8.88. The van der Waals surface area contributed by atoms with Crippen molar-refractivity contribution in [2.45, 2.75) is 18.8 Å². The Morgan fingerprint density at radius 1 is 0.921 bits per heavy atom. The van der Waals surface area contributed by atoms with Crippen molar-refractivity contribution < 1.29 is 38.2 Å². The number of piperidine rings is 1. The molecule has 0 saturated carbocycles. The summed E-state index contributed by atoms with van der Waals surface area (Å²) in [6, 6.07) is 8.34. The molecule has 198 valence electrons. The van der Waals surface area contributed by atoms with Gasteiger partial charge in [0.15, 0.2) is 0 Å². The number of benzene rings is 2. The predicted octanol–water partition coefficient (Wildman–Crippen LogP) is 3.03. The molecule has 2 aliphatic heterocycles. The Balaban J connectivity index is 0.000000368. The number of rotatable bonds is 6. The van der Waals surface area contributed by atoms with E-state index in [9.17, 15) is 28.0 Å². The van der Waals surface area contributed by atoms with Crippen LogP contribution in [0, 0.1) is 11.6 Å². The predicted molar refractivity (Wildman–Crippen MR) is 131 cm³/mol. The smallest absolute Gasteiger partial charge is 0.328 e. The maximum atomic E-state index is 13.4. The van der Waals surface area contributed by atoms with Gasteiger partial charge in [0.05, 0.1) is 16.6 Å². The standard InChI is InChI=1S/C22H20F2N4O2.C4H4O4/c23-14-1-3-16-18(11-14)22(30)28(21(16)29)10-9-27-7-5-13(6-8-27)20-17-4-2-15(24)12-19(17)25-26-20;5-3(6)1-2-4(7)8/h1-4,11-13H,5-10H2,(H,25,26);1-2H,(H,5,6)(H,7,8)/b;2-1-. The van der Waals surface area contributed by atoms with Gasteiger partial charge in [0, 0.05) is 48.3 Å². The van der Waals surface area contributed by atoms with Crippen molar-refractivity contribution in [2.75, 3.05) is 26.2 Å². The van der Waals surface area contributed by atoms with Crippen LogP contribution in [-0.4, -0.2) is 80.1 Å². The minimum absolute atomic E-state index is 0.140. The van der Waals surface area contributed by atoms with Crippen molar-refractivity contribution in [3.63, 3.8) is 0 Å². The summed E-state index contributed by atoms with van der Waals surface area (Å²) in [5.41, 5.74) is 2.07. The number of nitrogens with one attached hydrogen (secondary N) is 1. The van der Waals surface area contributed by atoms with Gasteiger partial charge >= 0.3 is 11.9 Å². The molecule has 0 spiro atoms. The first-order valence-electron chi connectivity index (χ1n) is 11.8. The van der Waals surface area contributed by atoms with Crippen LogP contribution in [0.25, 0.3) is 10.9 Å². The van der Waals surface area contributed by atoms with Gasteiger partial charge in [-0.3, -0.25) is 19.6 Å². The van der Waals surface area contributed by atoms with Crippen LogP contribution in [0.1, 0.15) is 45.2 Å². The van der Waals surface area contributed by atoms with E-state index in [0.29, 0.717) is 30.1 Å². The highest BCUT2D eigenvalue weighted by Crippen LogP contribution is 2.32. The number of halogens is 2. The monoisotopic (exact) mass is 526 g/mol. The molecule has 38 heavy (non-hydrogen) atoms. The SMILES string of the molecule is O=C(O)/C=C\C(=O)O.O=C1c2ccc(F)cc2C(=O)N1CCN1CCC(c2[nH]nc3cc(F)ccc23)CC1. The number of carboxylic acid groups (broad SMARTS) is 2. The lowest BCUT2D eigenvalue weighted by Gasteiger charge is -2.32. The summed E-state index contributed by atoms with van der Waals surface area (Å²) in [6.45, 7) is 2.51. The van der Waals surface area contributed by atoms with Gasteiger partial charge in [-0.05, 0) is 56.3 Å². The minimum atomic E-state index is -1.26. The Morgan fingerprint density at radius 2 is 1.53 bits per heavy atom. The molecule has 0 bridgehead atoms. The zero-order valence-corrected chi connectivity index (χ0v) is 20.1. The van der Waals surface area contributed by atoms with Gasteiger partial charge < -0.3 is 15.1 Å². The van der Waals surface area contributed by atoms with Gasteiger partial charge in [0.25, 0.3) is 11.8 Å². The topological polar surface area (TPSA) is 144 Å². The van der Waals surface area contributed by atoms with Crippen molar-refractivity contribution in [3.8, 4) is 0 Å². The van der Waals surface area contributed by atoms with Crippen LogP contribution in [0.15, 0.2) is 48.6 Å². The zero-order chi connectivity index (χ0) is 27.4. The molecule has 3 heterocycles. The summed E-state index contributed by atoms with van der Waals surface area (Å²) in [5.74, 6) is -3.82. The first-order chi connectivity index (χ1) is 18.1. The maximum Gasteiger partial charge on any atom is 0.328 e. The Labute approximate surface area is 215 Å². The number of carbonyl (C=O) groups excluding carboxylic acids is 2. The summed E-state index contributed by atoms with van der Waals surface area (Å²) in [7, 11) is 0. The van der Waals surface area contributed by atoms with E-state index in [2.05, 4.69) is 15.1 Å². The summed E-state index contributed by atoms with van der Waals surface area (Å²) in [6.07, 6.45) is 2.93. The Hall–Kier alpha value is -4.45. The van der Waals surface area contributed by atoms with Crippen molar-refractivity contribution in [1.82, 2.24) is 20.0 Å². The molecule has 1 saturated heterocycles. The number of aromatic nitrogens is 2. The molecule has 2 amide bonds. The van der Waals surface area contributed by atoms with Crippen LogP contribution >= 0.6 is 0 Å². The summed E-state index contributed by atoms with van der Waals surface area (Å²) in [5, 5.41) is 23.9. The summed E-state index contributed by atoms with van der Waals surface area (Å²) in [4.78, 5) is 47.5. The third-order valence-electron chi connectivity index (χ3n) is 6.48. The lowest BCUT2D eigenvalue weighted by Crippen LogP contribution is -2.41. The number of carboxylic acids is 2. The molecule has 12 heteroatoms. The molecule has 0 unspecified atom stereocenters. The average Bonchev–Trinajstić information content (AvgIpc) is 3.40. The summed E-state index contributed by atoms with van der Waals surface area (Å²) >= 11 is 0. The first-order valence-corrected chi connectivity index (χ1v) is 11.8. The number of H-pyrrole nitrogens is 1. The van der Waals surface area contributed by atoms with Crippen LogP contribution in [0.4, 0.5) is 8.78 Å². The van der Waals surface area contributed by atoms with Crippen LogP contribution < -0.4 is 0 Å². The van der Waals surface area contributed by atoms with Crippen molar-refractivity contribution in [3.05, 3.63) is 77.0 Å². The maximum absolute atomic E-state index is 13.4. The highest BCUT2D eigenvalue weighted by atomic mass is 19.1. The molecule has 3 N–H and O–H groups in total. The number of aromatic amines is 1. The number of nitrogens with zero attached hydrogens (tertiary/aromatic N) is 3. The highest BCUT2D eigenvalue weighted by molar-refractivity contribution is 6.21. The van der Waals surface area contributed by atoms with E-state index in [1.165, 1.54) is 29.2 Å². The molecule has 2 aromatic carbocycles. The lowest BCUT2D eigenvalue weighted by molar-refractivity contribution is -0.134. The fraction of sp³-hybridized carbons (Fsp3) is 0.269. The van der Waals surface area contributed by atoms with Gasteiger partial charge in [-0.15, -0.1) is 0 Å². The van der Waals surface area contributed by atoms with Gasteiger partial charge in [-0.1, -0.05) is 0 Å². The Kier molecular flexibility index (Phi) is 7.91. The third kappa shape index (κ3) is 5.92. The first kappa shape index (κ1) is 26.6. The van der Waals surface area contributed by atoms with Crippen molar-refractivity contribution in [2.24, 2.45) is 0 Å². The van der Waals surface area contributed by atoms with E-state index in [4.69, 9.17) is 10.2 Å². The van der Waals surface area contributed by atoms with Crippen LogP contribution in [0.5, 0.6) is 0 Å². The molecule has 3 aromatic rings. The second kappa shape index (κ2) is 11.3. The molecule has 0 radical (unpaired) electrons. The van der Waals surface area contributed by atoms with E-state index in [0.717, 1.165) is 43.1 Å². The number of aliphatic carboxylic acids is 2. The number of hydrogen-bond acceptors (Lipinski definition) is 6. The number of imide groups is 1. The van der Waals surface area contributed by atoms with Crippen molar-refractivity contribution >= 4 is 34.7 Å². The van der Waals surface area contributed by atoms with E-state index >= 15 is 0 Å².